The van der Waals surface area contributed by atoms with Crippen molar-refractivity contribution in [1.29, 1.82) is 0 Å². The molecule has 0 aromatic heterocycles. The van der Waals surface area contributed by atoms with Crippen LogP contribution in [0.1, 0.15) is 125 Å². The monoisotopic (exact) mass is 558 g/mol. The molecule has 2 aliphatic heterocycles. The van der Waals surface area contributed by atoms with Gasteiger partial charge in [0.25, 0.3) is 0 Å². The molecule has 0 saturated carbocycles. The first-order chi connectivity index (χ1) is 19.3. The molecule has 228 valence electrons. The van der Waals surface area contributed by atoms with Gasteiger partial charge in [-0.2, -0.15) is 0 Å². The Morgan fingerprint density at radius 2 is 1.15 bits per heavy atom. The van der Waals surface area contributed by atoms with Crippen molar-refractivity contribution in [3.05, 3.63) is 58.2 Å². The van der Waals surface area contributed by atoms with Crippen molar-refractivity contribution in [3.8, 4) is 0 Å². The number of ether oxygens (including phenoxy) is 3. The standard InChI is InChI=1S/C25H40O2.C10H18O3/c1-21(2)10-6-11-22(3)12-7-13-23(4)14-8-16-25(20-27)17-9-15-24(5)18-19-26;1-3-7-11-9(5-1)13-10-6-2-4-8-12-10/h10,12,14,17-18,20,26H,6-9,11,13,15-16,19H2,1-5H3;9-10H,1-8H2. The minimum Gasteiger partial charge on any atom is -0.392 e. The molecule has 2 atom stereocenters. The zero-order valence-electron chi connectivity index (χ0n) is 26.2. The van der Waals surface area contributed by atoms with Crippen molar-refractivity contribution in [2.24, 2.45) is 0 Å². The average Bonchev–Trinajstić information content (AvgIpc) is 2.93. The molecule has 1 N–H and O–H groups in total. The smallest absolute Gasteiger partial charge is 0.160 e. The largest absolute Gasteiger partial charge is 0.392 e. The van der Waals surface area contributed by atoms with Crippen molar-refractivity contribution < 1.29 is 24.1 Å². The van der Waals surface area contributed by atoms with Crippen LogP contribution in [0.15, 0.2) is 58.2 Å². The third kappa shape index (κ3) is 20.1. The molecule has 2 aliphatic rings. The molecule has 0 spiro atoms. The van der Waals surface area contributed by atoms with E-state index in [1.165, 1.54) is 48.0 Å². The zero-order valence-corrected chi connectivity index (χ0v) is 26.2. The Bertz CT molecular complexity index is 801. The topological polar surface area (TPSA) is 65.0 Å². The summed E-state index contributed by atoms with van der Waals surface area (Å²) in [6, 6.07) is 0. The number of aldehydes is 1. The van der Waals surface area contributed by atoms with Crippen LogP contribution in [0.2, 0.25) is 0 Å². The van der Waals surface area contributed by atoms with Crippen molar-refractivity contribution >= 4 is 6.29 Å². The Morgan fingerprint density at radius 3 is 1.60 bits per heavy atom. The van der Waals surface area contributed by atoms with Gasteiger partial charge >= 0.3 is 0 Å². The molecular weight excluding hydrogens is 500 g/mol. The molecule has 2 fully saturated rings. The van der Waals surface area contributed by atoms with Crippen LogP contribution in [-0.2, 0) is 19.0 Å². The van der Waals surface area contributed by atoms with Gasteiger partial charge in [0.1, 0.15) is 6.29 Å². The fourth-order valence-corrected chi connectivity index (χ4v) is 4.58. The number of rotatable bonds is 16. The highest BCUT2D eigenvalue weighted by atomic mass is 16.8. The summed E-state index contributed by atoms with van der Waals surface area (Å²) in [4.78, 5) is 11.2. The summed E-state index contributed by atoms with van der Waals surface area (Å²) in [5.74, 6) is 0. The highest BCUT2D eigenvalue weighted by molar-refractivity contribution is 5.73. The quantitative estimate of drug-likeness (QED) is 0.116. The summed E-state index contributed by atoms with van der Waals surface area (Å²) in [5, 5.41) is 8.85. The van der Waals surface area contributed by atoms with E-state index in [4.69, 9.17) is 19.3 Å². The molecule has 0 bridgehead atoms. The van der Waals surface area contributed by atoms with Crippen LogP contribution < -0.4 is 0 Å². The van der Waals surface area contributed by atoms with Gasteiger partial charge < -0.3 is 19.3 Å². The molecule has 0 amide bonds. The third-order valence-electron chi connectivity index (χ3n) is 7.16. The summed E-state index contributed by atoms with van der Waals surface area (Å²) in [5.41, 5.74) is 6.30. The number of hydrogen-bond acceptors (Lipinski definition) is 5. The summed E-state index contributed by atoms with van der Waals surface area (Å²) in [7, 11) is 0. The van der Waals surface area contributed by atoms with Gasteiger partial charge in [0, 0.05) is 13.2 Å². The first-order valence-corrected chi connectivity index (χ1v) is 15.6. The molecule has 0 radical (unpaired) electrons. The van der Waals surface area contributed by atoms with E-state index in [9.17, 15) is 4.79 Å². The van der Waals surface area contributed by atoms with Gasteiger partial charge in [-0.3, -0.25) is 4.79 Å². The van der Waals surface area contributed by atoms with E-state index >= 15 is 0 Å². The van der Waals surface area contributed by atoms with Crippen molar-refractivity contribution in [1.82, 2.24) is 0 Å². The van der Waals surface area contributed by atoms with Gasteiger partial charge in [-0.05, 0) is 130 Å². The summed E-state index contributed by atoms with van der Waals surface area (Å²) < 4.78 is 16.6. The normalized spacial score (nSPS) is 20.9. The lowest BCUT2D eigenvalue weighted by Crippen LogP contribution is -2.31. The number of allylic oxidation sites excluding steroid dienone is 9. The van der Waals surface area contributed by atoms with Gasteiger partial charge in [-0.25, -0.2) is 0 Å². The van der Waals surface area contributed by atoms with E-state index in [0.29, 0.717) is 0 Å². The Kier molecular flexibility index (Phi) is 21.6. The Balaban J connectivity index is 0.000000504. The van der Waals surface area contributed by atoms with Gasteiger partial charge in [0.2, 0.25) is 0 Å². The molecule has 5 heteroatoms. The number of aliphatic hydroxyl groups is 1. The predicted molar refractivity (Wildman–Crippen MR) is 167 cm³/mol. The van der Waals surface area contributed by atoms with Crippen LogP contribution in [0.5, 0.6) is 0 Å². The maximum absolute atomic E-state index is 11.2. The minimum absolute atomic E-state index is 0.00292. The summed E-state index contributed by atoms with van der Waals surface area (Å²) in [6.45, 7) is 12.5. The maximum Gasteiger partial charge on any atom is 0.160 e. The van der Waals surface area contributed by atoms with Crippen LogP contribution in [0, 0.1) is 0 Å². The number of carbonyl (C=O) groups is 1. The van der Waals surface area contributed by atoms with Crippen molar-refractivity contribution in [2.75, 3.05) is 19.8 Å². The third-order valence-corrected chi connectivity index (χ3v) is 7.16. The first kappa shape index (κ1) is 36.2. The molecule has 0 aliphatic carbocycles. The molecule has 2 unspecified atom stereocenters. The summed E-state index contributed by atoms with van der Waals surface area (Å²) in [6.07, 6.45) is 26.5. The lowest BCUT2D eigenvalue weighted by Gasteiger charge is -2.29. The average molecular weight is 559 g/mol. The van der Waals surface area contributed by atoms with E-state index < -0.39 is 0 Å². The molecule has 2 saturated heterocycles. The Hall–Kier alpha value is -1.79. The first-order valence-electron chi connectivity index (χ1n) is 15.6. The lowest BCUT2D eigenvalue weighted by atomic mass is 10.0. The van der Waals surface area contributed by atoms with Gasteiger partial charge in [-0.1, -0.05) is 52.7 Å². The van der Waals surface area contributed by atoms with Crippen LogP contribution in [-0.4, -0.2) is 43.8 Å². The molecule has 5 nitrogen and oxygen atoms in total. The number of carbonyl (C=O) groups excluding carboxylic acids is 1. The fourth-order valence-electron chi connectivity index (χ4n) is 4.58. The molecule has 0 aromatic rings. The van der Waals surface area contributed by atoms with E-state index in [1.807, 2.05) is 19.1 Å². The molecular formula is C35H58O5. The Morgan fingerprint density at radius 1 is 0.675 bits per heavy atom. The molecule has 40 heavy (non-hydrogen) atoms. The van der Waals surface area contributed by atoms with Gasteiger partial charge in [0.05, 0.1) is 6.61 Å². The minimum atomic E-state index is -0.00292. The second-order valence-electron chi connectivity index (χ2n) is 11.4. The number of hydrogen-bond donors (Lipinski definition) is 1. The van der Waals surface area contributed by atoms with E-state index in [1.54, 1.807) is 0 Å². The van der Waals surface area contributed by atoms with Crippen LogP contribution in [0.3, 0.4) is 0 Å². The zero-order chi connectivity index (χ0) is 29.4. The van der Waals surface area contributed by atoms with Crippen LogP contribution in [0.25, 0.3) is 0 Å². The van der Waals surface area contributed by atoms with Crippen molar-refractivity contribution in [3.63, 3.8) is 0 Å². The summed E-state index contributed by atoms with van der Waals surface area (Å²) >= 11 is 0. The fraction of sp³-hybridized carbons (Fsp3) is 0.686. The van der Waals surface area contributed by atoms with E-state index in [2.05, 4.69) is 45.9 Å². The maximum atomic E-state index is 11.2. The number of aliphatic hydroxyl groups excluding tert-OH is 1. The SMILES string of the molecule is C1CCC(OC2CCCCO2)OC1.CC(C)=CCCC(C)=CCCC(C)=CCCC(C=O)=CCCC(C)=CCO. The molecule has 2 heterocycles. The predicted octanol–water partition coefficient (Wildman–Crippen LogP) is 9.09. The van der Waals surface area contributed by atoms with Crippen LogP contribution in [0.4, 0.5) is 0 Å². The van der Waals surface area contributed by atoms with Crippen LogP contribution >= 0.6 is 0 Å². The van der Waals surface area contributed by atoms with Crippen molar-refractivity contribution in [2.45, 2.75) is 137 Å². The highest BCUT2D eigenvalue weighted by Crippen LogP contribution is 2.20. The second-order valence-corrected chi connectivity index (χ2v) is 11.4. The second kappa shape index (κ2) is 23.9. The van der Waals surface area contributed by atoms with Gasteiger partial charge in [0.15, 0.2) is 12.6 Å². The van der Waals surface area contributed by atoms with E-state index in [-0.39, 0.29) is 19.2 Å². The van der Waals surface area contributed by atoms with Gasteiger partial charge in [-0.15, -0.1) is 0 Å². The molecule has 0 aromatic carbocycles. The Labute approximate surface area is 245 Å². The highest BCUT2D eigenvalue weighted by Gasteiger charge is 2.21. The molecule has 2 rings (SSSR count). The van der Waals surface area contributed by atoms with E-state index in [0.717, 1.165) is 89.3 Å². The lowest BCUT2D eigenvalue weighted by molar-refractivity contribution is -0.264.